The zero-order chi connectivity index (χ0) is 14.0. The van der Waals surface area contributed by atoms with Crippen molar-refractivity contribution in [1.29, 1.82) is 0 Å². The van der Waals surface area contributed by atoms with Crippen LogP contribution in [0.15, 0.2) is 12.3 Å². The van der Waals surface area contributed by atoms with E-state index < -0.39 is 0 Å². The maximum atomic E-state index is 12.9. The minimum Gasteiger partial charge on any atom is -0.320 e. The Balaban J connectivity index is 1.85. The third-order valence-electron chi connectivity index (χ3n) is 4.67. The van der Waals surface area contributed by atoms with E-state index >= 15 is 0 Å². The maximum absolute atomic E-state index is 12.9. The number of hydrogen-bond acceptors (Lipinski definition) is 3. The van der Waals surface area contributed by atoms with Gasteiger partial charge in [-0.05, 0) is 25.3 Å². The zero-order valence-corrected chi connectivity index (χ0v) is 12.2. The van der Waals surface area contributed by atoms with Gasteiger partial charge in [0, 0.05) is 12.7 Å². The van der Waals surface area contributed by atoms with Gasteiger partial charge in [0.15, 0.2) is 0 Å². The molecule has 2 N–H and O–H groups in total. The summed E-state index contributed by atoms with van der Waals surface area (Å²) in [6.07, 6.45) is 9.37. The third kappa shape index (κ3) is 2.24. The van der Waals surface area contributed by atoms with E-state index in [0.29, 0.717) is 5.91 Å². The quantitative estimate of drug-likeness (QED) is 0.887. The molecule has 1 aliphatic carbocycles. The highest BCUT2D eigenvalue weighted by Gasteiger charge is 2.51. The molecule has 110 valence electrons. The van der Waals surface area contributed by atoms with E-state index in [1.54, 1.807) is 6.20 Å². The van der Waals surface area contributed by atoms with Crippen molar-refractivity contribution in [1.82, 2.24) is 20.4 Å². The second-order valence-electron chi connectivity index (χ2n) is 6.05. The largest absolute Gasteiger partial charge is 0.320 e. The first-order valence-corrected chi connectivity index (χ1v) is 7.85. The van der Waals surface area contributed by atoms with E-state index in [1.807, 2.05) is 11.0 Å². The Morgan fingerprint density at radius 1 is 1.40 bits per heavy atom. The van der Waals surface area contributed by atoms with Crippen molar-refractivity contribution in [3.05, 3.63) is 18.0 Å². The summed E-state index contributed by atoms with van der Waals surface area (Å²) in [6, 6.07) is 1.96. The van der Waals surface area contributed by atoms with Crippen LogP contribution in [0, 0.1) is 0 Å². The first-order chi connectivity index (χ1) is 9.77. The van der Waals surface area contributed by atoms with Gasteiger partial charge in [-0.1, -0.05) is 32.6 Å². The predicted molar refractivity (Wildman–Crippen MR) is 76.9 cm³/mol. The average molecular weight is 276 g/mol. The smallest absolute Gasteiger partial charge is 0.244 e. The molecular weight excluding hydrogens is 252 g/mol. The van der Waals surface area contributed by atoms with Gasteiger partial charge < -0.3 is 4.90 Å². The fourth-order valence-corrected chi connectivity index (χ4v) is 3.53. The Morgan fingerprint density at radius 2 is 2.20 bits per heavy atom. The predicted octanol–water partition coefficient (Wildman–Crippen LogP) is 2.34. The van der Waals surface area contributed by atoms with Crippen molar-refractivity contribution in [3.63, 3.8) is 0 Å². The summed E-state index contributed by atoms with van der Waals surface area (Å²) < 4.78 is 0. The van der Waals surface area contributed by atoms with Gasteiger partial charge in [-0.3, -0.25) is 15.2 Å². The molecular formula is C15H24N4O. The molecule has 1 saturated heterocycles. The van der Waals surface area contributed by atoms with Crippen LogP contribution in [0.4, 0.5) is 0 Å². The van der Waals surface area contributed by atoms with Crippen molar-refractivity contribution < 1.29 is 4.79 Å². The number of aromatic nitrogens is 2. The SMILES string of the molecule is CCCCN1C(=O)C2(CCCCC2)NC1c1ccn[nH]1. The molecule has 1 aliphatic heterocycles. The number of amides is 1. The van der Waals surface area contributed by atoms with E-state index in [9.17, 15) is 4.79 Å². The van der Waals surface area contributed by atoms with Crippen molar-refractivity contribution >= 4 is 5.91 Å². The number of aromatic amines is 1. The summed E-state index contributed by atoms with van der Waals surface area (Å²) in [6.45, 7) is 2.99. The Bertz CT molecular complexity index is 450. The molecule has 2 aliphatic rings. The number of unbranched alkanes of at least 4 members (excludes halogenated alkanes) is 1. The monoisotopic (exact) mass is 276 g/mol. The molecule has 1 amide bonds. The van der Waals surface area contributed by atoms with Crippen LogP contribution in [-0.4, -0.2) is 33.1 Å². The van der Waals surface area contributed by atoms with Crippen molar-refractivity contribution in [2.24, 2.45) is 0 Å². The molecule has 5 heteroatoms. The topological polar surface area (TPSA) is 61.0 Å². The third-order valence-corrected chi connectivity index (χ3v) is 4.67. The van der Waals surface area contributed by atoms with E-state index in [4.69, 9.17) is 0 Å². The van der Waals surface area contributed by atoms with Gasteiger partial charge in [0.1, 0.15) is 6.17 Å². The maximum Gasteiger partial charge on any atom is 0.244 e. The molecule has 3 rings (SSSR count). The highest BCUT2D eigenvalue weighted by Crippen LogP contribution is 2.39. The molecule has 1 atom stereocenters. The van der Waals surface area contributed by atoms with E-state index in [2.05, 4.69) is 22.4 Å². The molecule has 0 radical (unpaired) electrons. The summed E-state index contributed by atoms with van der Waals surface area (Å²) >= 11 is 0. The Kier molecular flexibility index (Phi) is 3.78. The number of carbonyl (C=O) groups is 1. The van der Waals surface area contributed by atoms with Crippen LogP contribution < -0.4 is 5.32 Å². The fourth-order valence-electron chi connectivity index (χ4n) is 3.53. The lowest BCUT2D eigenvalue weighted by atomic mass is 9.81. The van der Waals surface area contributed by atoms with E-state index in [1.165, 1.54) is 6.42 Å². The molecule has 1 spiro atoms. The summed E-state index contributed by atoms with van der Waals surface area (Å²) in [5.74, 6) is 0.297. The number of hydrogen-bond donors (Lipinski definition) is 2. The van der Waals surface area contributed by atoms with Crippen LogP contribution in [0.3, 0.4) is 0 Å². The molecule has 1 unspecified atom stereocenters. The molecule has 1 aromatic rings. The number of H-pyrrole nitrogens is 1. The van der Waals surface area contributed by atoms with Crippen molar-refractivity contribution in [3.8, 4) is 0 Å². The Morgan fingerprint density at radius 3 is 2.85 bits per heavy atom. The van der Waals surface area contributed by atoms with Crippen LogP contribution in [0.2, 0.25) is 0 Å². The molecule has 1 saturated carbocycles. The van der Waals surface area contributed by atoms with Gasteiger partial charge >= 0.3 is 0 Å². The number of nitrogens with zero attached hydrogens (tertiary/aromatic N) is 2. The summed E-state index contributed by atoms with van der Waals surface area (Å²) in [5, 5.41) is 10.7. The van der Waals surface area contributed by atoms with Gasteiger partial charge in [-0.25, -0.2) is 0 Å². The minimum atomic E-state index is -0.318. The normalized spacial score (nSPS) is 25.6. The van der Waals surface area contributed by atoms with Crippen LogP contribution in [0.1, 0.15) is 63.7 Å². The molecule has 2 fully saturated rings. The average Bonchev–Trinajstić information content (AvgIpc) is 3.08. The molecule has 1 aromatic heterocycles. The summed E-state index contributed by atoms with van der Waals surface area (Å²) in [4.78, 5) is 14.9. The summed E-state index contributed by atoms with van der Waals surface area (Å²) in [5.41, 5.74) is 0.679. The Hall–Kier alpha value is -1.36. The van der Waals surface area contributed by atoms with Crippen LogP contribution in [0.5, 0.6) is 0 Å². The van der Waals surface area contributed by atoms with Gasteiger partial charge in [0.25, 0.3) is 0 Å². The van der Waals surface area contributed by atoms with Gasteiger partial charge in [-0.15, -0.1) is 0 Å². The number of nitrogens with one attached hydrogen (secondary N) is 2. The van der Waals surface area contributed by atoms with E-state index in [0.717, 1.165) is 50.8 Å². The highest BCUT2D eigenvalue weighted by molar-refractivity contribution is 5.89. The Labute approximate surface area is 120 Å². The lowest BCUT2D eigenvalue weighted by Crippen LogP contribution is -2.48. The van der Waals surface area contributed by atoms with Gasteiger partial charge in [0.2, 0.25) is 5.91 Å². The van der Waals surface area contributed by atoms with Crippen LogP contribution >= 0.6 is 0 Å². The first-order valence-electron chi connectivity index (χ1n) is 7.85. The second kappa shape index (κ2) is 5.56. The lowest BCUT2D eigenvalue weighted by Gasteiger charge is -2.31. The minimum absolute atomic E-state index is 0.0327. The molecule has 0 bridgehead atoms. The van der Waals surface area contributed by atoms with Gasteiger partial charge in [-0.2, -0.15) is 5.10 Å². The van der Waals surface area contributed by atoms with Gasteiger partial charge in [0.05, 0.1) is 11.2 Å². The second-order valence-corrected chi connectivity index (χ2v) is 6.05. The van der Waals surface area contributed by atoms with E-state index in [-0.39, 0.29) is 11.7 Å². The number of carbonyl (C=O) groups excluding carboxylic acids is 1. The zero-order valence-electron chi connectivity index (χ0n) is 12.2. The molecule has 2 heterocycles. The first kappa shape index (κ1) is 13.6. The lowest BCUT2D eigenvalue weighted by molar-refractivity contribution is -0.134. The fraction of sp³-hybridized carbons (Fsp3) is 0.733. The summed E-state index contributed by atoms with van der Waals surface area (Å²) in [7, 11) is 0. The van der Waals surface area contributed by atoms with Crippen molar-refractivity contribution in [2.45, 2.75) is 63.6 Å². The number of rotatable bonds is 4. The standard InChI is InChI=1S/C15H24N4O/c1-2-3-11-19-13(12-7-10-16-18-12)17-15(14(19)20)8-5-4-6-9-15/h7,10,13,17H,2-6,8-9,11H2,1H3,(H,16,18). The van der Waals surface area contributed by atoms with Crippen LogP contribution in [-0.2, 0) is 4.79 Å². The molecule has 5 nitrogen and oxygen atoms in total. The van der Waals surface area contributed by atoms with Crippen LogP contribution in [0.25, 0.3) is 0 Å². The van der Waals surface area contributed by atoms with Crippen molar-refractivity contribution in [2.75, 3.05) is 6.54 Å². The molecule has 0 aromatic carbocycles. The molecule has 20 heavy (non-hydrogen) atoms. The highest BCUT2D eigenvalue weighted by atomic mass is 16.2.